The molecule has 0 aliphatic heterocycles. The minimum Gasteiger partial charge on any atom is -0.317 e. The van der Waals surface area contributed by atoms with Gasteiger partial charge in [0, 0.05) is 6.04 Å². The summed E-state index contributed by atoms with van der Waals surface area (Å²) in [5.74, 6) is 1.31. The first-order valence-electron chi connectivity index (χ1n) is 6.93. The zero-order chi connectivity index (χ0) is 13.5. The van der Waals surface area contributed by atoms with E-state index in [0.29, 0.717) is 12.0 Å². The molecule has 0 amide bonds. The van der Waals surface area contributed by atoms with E-state index in [0.717, 1.165) is 24.3 Å². The number of likely N-dealkylation sites (N-methyl/N-ethyl adjacent to an activating group) is 1. The van der Waals surface area contributed by atoms with E-state index in [1.807, 2.05) is 13.1 Å². The maximum absolute atomic E-state index is 13.1. The van der Waals surface area contributed by atoms with Crippen molar-refractivity contribution in [3.63, 3.8) is 0 Å². The Hall–Kier alpha value is -0.890. The van der Waals surface area contributed by atoms with Gasteiger partial charge >= 0.3 is 0 Å². The summed E-state index contributed by atoms with van der Waals surface area (Å²) in [5, 5.41) is 3.35. The van der Waals surface area contributed by atoms with Crippen LogP contribution in [0.25, 0.3) is 0 Å². The first kappa shape index (κ1) is 15.2. The van der Waals surface area contributed by atoms with Gasteiger partial charge in [-0.05, 0) is 55.8 Å². The number of hydrogen-bond acceptors (Lipinski definition) is 1. The maximum Gasteiger partial charge on any atom is 0.123 e. The lowest BCUT2D eigenvalue weighted by Gasteiger charge is -2.22. The van der Waals surface area contributed by atoms with Gasteiger partial charge in [-0.1, -0.05) is 32.9 Å². The lowest BCUT2D eigenvalue weighted by atomic mass is 9.90. The maximum atomic E-state index is 13.1. The molecule has 1 aromatic carbocycles. The minimum absolute atomic E-state index is 0.141. The molecule has 1 nitrogen and oxygen atoms in total. The molecule has 0 radical (unpaired) electrons. The van der Waals surface area contributed by atoms with E-state index in [4.69, 9.17) is 0 Å². The summed E-state index contributed by atoms with van der Waals surface area (Å²) in [5.41, 5.74) is 1.08. The topological polar surface area (TPSA) is 12.0 Å². The van der Waals surface area contributed by atoms with Gasteiger partial charge in [0.15, 0.2) is 0 Å². The van der Waals surface area contributed by atoms with Crippen LogP contribution < -0.4 is 5.32 Å². The summed E-state index contributed by atoms with van der Waals surface area (Å²) in [6.45, 7) is 6.82. The quantitative estimate of drug-likeness (QED) is 0.771. The Balaban J connectivity index is 2.51. The van der Waals surface area contributed by atoms with Crippen LogP contribution in [0.5, 0.6) is 0 Å². The third kappa shape index (κ3) is 5.63. The second-order valence-corrected chi connectivity index (χ2v) is 5.79. The number of benzene rings is 1. The Morgan fingerprint density at radius 3 is 2.44 bits per heavy atom. The van der Waals surface area contributed by atoms with Gasteiger partial charge < -0.3 is 5.32 Å². The highest BCUT2D eigenvalue weighted by atomic mass is 19.1. The van der Waals surface area contributed by atoms with Crippen molar-refractivity contribution in [1.82, 2.24) is 5.32 Å². The average molecular weight is 251 g/mol. The Bertz CT molecular complexity index is 349. The van der Waals surface area contributed by atoms with E-state index in [9.17, 15) is 4.39 Å². The van der Waals surface area contributed by atoms with Gasteiger partial charge in [-0.15, -0.1) is 0 Å². The molecular weight excluding hydrogens is 225 g/mol. The van der Waals surface area contributed by atoms with E-state index in [2.05, 4.69) is 26.1 Å². The van der Waals surface area contributed by atoms with E-state index in [1.54, 1.807) is 12.1 Å². The monoisotopic (exact) mass is 251 g/mol. The summed E-state index contributed by atoms with van der Waals surface area (Å²) in [6.07, 6.45) is 3.29. The first-order valence-corrected chi connectivity index (χ1v) is 6.93. The zero-order valence-electron chi connectivity index (χ0n) is 12.0. The van der Waals surface area contributed by atoms with Crippen LogP contribution in [-0.2, 0) is 6.42 Å². The fourth-order valence-electron chi connectivity index (χ4n) is 2.64. The Morgan fingerprint density at radius 1 is 1.17 bits per heavy atom. The normalized spacial score (nSPS) is 14.8. The van der Waals surface area contributed by atoms with Crippen molar-refractivity contribution in [3.8, 4) is 0 Å². The lowest BCUT2D eigenvalue weighted by molar-refractivity contribution is 0.360. The second-order valence-electron chi connectivity index (χ2n) is 5.79. The van der Waals surface area contributed by atoms with Crippen LogP contribution in [-0.4, -0.2) is 13.1 Å². The van der Waals surface area contributed by atoms with Crippen LogP contribution in [0, 0.1) is 17.7 Å². The molecular formula is C16H26FN. The molecule has 0 saturated heterocycles. The number of rotatable bonds is 7. The Kier molecular flexibility index (Phi) is 6.34. The predicted molar refractivity (Wildman–Crippen MR) is 76.2 cm³/mol. The van der Waals surface area contributed by atoms with Crippen LogP contribution in [0.2, 0.25) is 0 Å². The SMILES string of the molecule is CNC(Cc1cccc(F)c1)CC(C)CC(C)C. The fraction of sp³-hybridized carbons (Fsp3) is 0.625. The number of hydrogen-bond donors (Lipinski definition) is 1. The minimum atomic E-state index is -0.141. The summed E-state index contributed by atoms with van der Waals surface area (Å²) in [7, 11) is 1.99. The molecule has 0 aromatic heterocycles. The van der Waals surface area contributed by atoms with Gasteiger partial charge in [-0.3, -0.25) is 0 Å². The average Bonchev–Trinajstić information content (AvgIpc) is 2.27. The number of halogens is 1. The van der Waals surface area contributed by atoms with Crippen molar-refractivity contribution in [2.45, 2.75) is 46.1 Å². The van der Waals surface area contributed by atoms with Crippen LogP contribution in [0.4, 0.5) is 4.39 Å². The van der Waals surface area contributed by atoms with E-state index in [1.165, 1.54) is 12.5 Å². The molecule has 2 heteroatoms. The highest BCUT2D eigenvalue weighted by molar-refractivity contribution is 5.17. The van der Waals surface area contributed by atoms with Crippen LogP contribution in [0.1, 0.15) is 39.2 Å². The first-order chi connectivity index (χ1) is 8.51. The van der Waals surface area contributed by atoms with Gasteiger partial charge in [0.05, 0.1) is 0 Å². The smallest absolute Gasteiger partial charge is 0.123 e. The van der Waals surface area contributed by atoms with Crippen molar-refractivity contribution in [1.29, 1.82) is 0 Å². The van der Waals surface area contributed by atoms with Gasteiger partial charge in [-0.25, -0.2) is 4.39 Å². The highest BCUT2D eigenvalue weighted by Crippen LogP contribution is 2.18. The molecule has 0 aliphatic carbocycles. The molecule has 0 saturated carbocycles. The van der Waals surface area contributed by atoms with Gasteiger partial charge in [0.2, 0.25) is 0 Å². The molecule has 1 aromatic rings. The lowest BCUT2D eigenvalue weighted by Crippen LogP contribution is -2.29. The van der Waals surface area contributed by atoms with Crippen LogP contribution in [0.3, 0.4) is 0 Å². The van der Waals surface area contributed by atoms with Crippen molar-refractivity contribution >= 4 is 0 Å². The van der Waals surface area contributed by atoms with Crippen LogP contribution >= 0.6 is 0 Å². The highest BCUT2D eigenvalue weighted by Gasteiger charge is 2.13. The summed E-state index contributed by atoms with van der Waals surface area (Å²) < 4.78 is 13.1. The van der Waals surface area contributed by atoms with E-state index >= 15 is 0 Å². The van der Waals surface area contributed by atoms with E-state index < -0.39 is 0 Å². The molecule has 1 N–H and O–H groups in total. The molecule has 18 heavy (non-hydrogen) atoms. The largest absolute Gasteiger partial charge is 0.317 e. The molecule has 2 atom stereocenters. The third-order valence-electron chi connectivity index (χ3n) is 3.34. The molecule has 0 heterocycles. The summed E-state index contributed by atoms with van der Waals surface area (Å²) in [4.78, 5) is 0. The molecule has 2 unspecified atom stereocenters. The predicted octanol–water partition coefficient (Wildman–Crippen LogP) is 4.03. The van der Waals surface area contributed by atoms with Gasteiger partial charge in [0.25, 0.3) is 0 Å². The molecule has 0 spiro atoms. The number of nitrogens with one attached hydrogen (secondary N) is 1. The zero-order valence-corrected chi connectivity index (χ0v) is 12.0. The second kappa shape index (κ2) is 7.52. The van der Waals surface area contributed by atoms with Crippen molar-refractivity contribution in [3.05, 3.63) is 35.6 Å². The molecule has 1 rings (SSSR count). The van der Waals surface area contributed by atoms with Crippen molar-refractivity contribution in [2.24, 2.45) is 11.8 Å². The Labute approximate surface area is 111 Å². The van der Waals surface area contributed by atoms with E-state index in [-0.39, 0.29) is 5.82 Å². The molecule has 0 bridgehead atoms. The Morgan fingerprint density at radius 2 is 1.89 bits per heavy atom. The van der Waals surface area contributed by atoms with Crippen molar-refractivity contribution in [2.75, 3.05) is 7.05 Å². The molecule has 102 valence electrons. The standard InChI is InChI=1S/C16H26FN/c1-12(2)8-13(3)9-16(18-4)11-14-6-5-7-15(17)10-14/h5-7,10,12-13,16,18H,8-9,11H2,1-4H3. The molecule has 0 fully saturated rings. The summed E-state index contributed by atoms with van der Waals surface area (Å²) in [6, 6.07) is 7.35. The van der Waals surface area contributed by atoms with Crippen LogP contribution in [0.15, 0.2) is 24.3 Å². The van der Waals surface area contributed by atoms with Gasteiger partial charge in [0.1, 0.15) is 5.82 Å². The third-order valence-corrected chi connectivity index (χ3v) is 3.34. The summed E-state index contributed by atoms with van der Waals surface area (Å²) >= 11 is 0. The van der Waals surface area contributed by atoms with Crippen molar-refractivity contribution < 1.29 is 4.39 Å². The fourth-order valence-corrected chi connectivity index (χ4v) is 2.64. The van der Waals surface area contributed by atoms with Gasteiger partial charge in [-0.2, -0.15) is 0 Å². The molecule has 0 aliphatic rings.